The summed E-state index contributed by atoms with van der Waals surface area (Å²) in [5.74, 6) is -0.250. The van der Waals surface area contributed by atoms with E-state index in [2.05, 4.69) is 55.6 Å². The van der Waals surface area contributed by atoms with Crippen LogP contribution >= 0.6 is 0 Å². The highest BCUT2D eigenvalue weighted by Gasteiger charge is 2.51. The molecule has 2 fully saturated rings. The highest BCUT2D eigenvalue weighted by Crippen LogP contribution is 2.30. The quantitative estimate of drug-likeness (QED) is 0.0204. The van der Waals surface area contributed by atoms with E-state index < -0.39 is 86.8 Å². The minimum absolute atomic E-state index is 0.250. The lowest BCUT2D eigenvalue weighted by atomic mass is 9.97. The first-order valence-electron chi connectivity index (χ1n) is 34.9. The molecule has 492 valence electrons. The first-order chi connectivity index (χ1) is 41.1. The number of carbonyl (C=O) groups excluding carboxylic acids is 1. The van der Waals surface area contributed by atoms with Gasteiger partial charge in [0.1, 0.15) is 48.8 Å². The van der Waals surface area contributed by atoms with Gasteiger partial charge in [-0.15, -0.1) is 0 Å². The molecule has 12 unspecified atom stereocenters. The monoisotopic (exact) mass is 1190 g/mol. The molecule has 12 atom stereocenters. The fourth-order valence-electron chi connectivity index (χ4n) is 11.4. The molecule has 14 nitrogen and oxygen atoms in total. The SMILES string of the molecule is CCCCCCCCCC/C=C\CCCCCCCCCCCCCCCC(=O)NC(COC1OC(CO)C(OC2OC(CO)C(O)C(O)C2O)C(O)C1O)C(O)/C=C/CC/C=C/CC/C=C/CCCCCCCCCCCCCCCCC. The molecule has 2 rings (SSSR count). The molecule has 9 N–H and O–H groups in total. The van der Waals surface area contributed by atoms with E-state index in [1.807, 2.05) is 6.08 Å². The van der Waals surface area contributed by atoms with Crippen molar-refractivity contribution in [1.82, 2.24) is 5.32 Å². The Morgan fingerprint density at radius 1 is 0.417 bits per heavy atom. The Bertz CT molecular complexity index is 1590. The van der Waals surface area contributed by atoms with Gasteiger partial charge in [-0.25, -0.2) is 0 Å². The van der Waals surface area contributed by atoms with Crippen LogP contribution in [0.4, 0.5) is 0 Å². The summed E-state index contributed by atoms with van der Waals surface area (Å²) in [5, 5.41) is 87.4. The fourth-order valence-corrected chi connectivity index (χ4v) is 11.4. The number of aliphatic hydroxyl groups excluding tert-OH is 8. The van der Waals surface area contributed by atoms with Gasteiger partial charge >= 0.3 is 0 Å². The maximum Gasteiger partial charge on any atom is 0.220 e. The number of amides is 1. The molecule has 0 bridgehead atoms. The number of nitrogens with one attached hydrogen (secondary N) is 1. The van der Waals surface area contributed by atoms with Gasteiger partial charge in [0.05, 0.1) is 32.0 Å². The third-order valence-corrected chi connectivity index (χ3v) is 17.0. The Kier molecular flexibility index (Phi) is 51.1. The Hall–Kier alpha value is -2.05. The normalized spacial score (nSPS) is 23.9. The molecule has 84 heavy (non-hydrogen) atoms. The highest BCUT2D eigenvalue weighted by molar-refractivity contribution is 5.76. The third kappa shape index (κ3) is 39.1. The molecule has 1 amide bonds. The van der Waals surface area contributed by atoms with E-state index in [0.717, 1.165) is 44.9 Å². The van der Waals surface area contributed by atoms with Crippen LogP contribution in [0.15, 0.2) is 48.6 Å². The van der Waals surface area contributed by atoms with E-state index in [1.54, 1.807) is 6.08 Å². The van der Waals surface area contributed by atoms with Crippen LogP contribution in [0.5, 0.6) is 0 Å². The van der Waals surface area contributed by atoms with Gasteiger partial charge in [0.2, 0.25) is 5.91 Å². The lowest BCUT2D eigenvalue weighted by Crippen LogP contribution is -2.65. The summed E-state index contributed by atoms with van der Waals surface area (Å²) in [6, 6.07) is -0.939. The van der Waals surface area contributed by atoms with Crippen molar-refractivity contribution in [2.24, 2.45) is 0 Å². The van der Waals surface area contributed by atoms with Crippen molar-refractivity contribution in [3.63, 3.8) is 0 Å². The molecule has 0 aromatic carbocycles. The Balaban J connectivity index is 1.72. The number of hydrogen-bond donors (Lipinski definition) is 9. The van der Waals surface area contributed by atoms with Crippen molar-refractivity contribution < 1.29 is 64.6 Å². The fraction of sp³-hybridized carbons (Fsp3) is 0.871. The predicted octanol–water partition coefficient (Wildman–Crippen LogP) is 13.9. The zero-order chi connectivity index (χ0) is 60.9. The van der Waals surface area contributed by atoms with Gasteiger partial charge < -0.3 is 65.1 Å². The topological polar surface area (TPSA) is 228 Å². The van der Waals surface area contributed by atoms with Gasteiger partial charge in [-0.05, 0) is 70.6 Å². The first-order valence-corrected chi connectivity index (χ1v) is 34.9. The van der Waals surface area contributed by atoms with Crippen molar-refractivity contribution in [2.45, 2.75) is 370 Å². The van der Waals surface area contributed by atoms with Crippen LogP contribution in [0, 0.1) is 0 Å². The summed E-state index contributed by atoms with van der Waals surface area (Å²) in [7, 11) is 0. The first kappa shape index (κ1) is 78.0. The summed E-state index contributed by atoms with van der Waals surface area (Å²) in [4.78, 5) is 13.3. The van der Waals surface area contributed by atoms with E-state index in [4.69, 9.17) is 18.9 Å². The molecule has 2 aliphatic heterocycles. The molecule has 2 heterocycles. The molecule has 0 saturated carbocycles. The maximum atomic E-state index is 13.3. The van der Waals surface area contributed by atoms with Gasteiger partial charge in [-0.3, -0.25) is 4.79 Å². The van der Waals surface area contributed by atoms with E-state index in [-0.39, 0.29) is 18.9 Å². The van der Waals surface area contributed by atoms with Crippen molar-refractivity contribution in [3.8, 4) is 0 Å². The standard InChI is InChI=1S/C70H129NO13/c1-3-5-7-9-11-13-15-17-19-21-23-25-27-29-31-33-35-37-39-41-43-45-47-49-51-53-59(74)58(57-81-69-67(80)65(78)68(61(56-73)83-69)84-70-66(79)64(77)63(76)60(55-72)82-70)71-62(75)54-52-50-48-46-44-42-40-38-36-34-32-30-28-26-24-22-20-18-16-14-12-10-8-6-4-2/h22,24,35,37,43,45,51,53,58-61,63-70,72-74,76-80H,3-21,23,25-34,36,38-42,44,46-50,52,54-57H2,1-2H3,(H,71,75)/b24-22-,37-35+,45-43+,53-51+. The lowest BCUT2D eigenvalue weighted by molar-refractivity contribution is -0.359. The van der Waals surface area contributed by atoms with Crippen LogP contribution in [0.2, 0.25) is 0 Å². The van der Waals surface area contributed by atoms with Gasteiger partial charge in [0.25, 0.3) is 0 Å². The Labute approximate surface area is 512 Å². The van der Waals surface area contributed by atoms with Crippen LogP contribution in [-0.4, -0.2) is 140 Å². The second-order valence-corrected chi connectivity index (χ2v) is 24.6. The van der Waals surface area contributed by atoms with Crippen LogP contribution in [0.25, 0.3) is 0 Å². The molecule has 0 aromatic heterocycles. The summed E-state index contributed by atoms with van der Waals surface area (Å²) in [6.07, 6.45) is 54.5. The number of aliphatic hydroxyl groups is 8. The number of allylic oxidation sites excluding steroid dienone is 7. The second-order valence-electron chi connectivity index (χ2n) is 24.6. The van der Waals surface area contributed by atoms with E-state index in [1.165, 1.54) is 218 Å². The Morgan fingerprint density at radius 2 is 0.762 bits per heavy atom. The minimum Gasteiger partial charge on any atom is -0.394 e. The molecular weight excluding hydrogens is 1060 g/mol. The second kappa shape index (κ2) is 55.1. The molecule has 14 heteroatoms. The molecule has 2 aliphatic rings. The maximum absolute atomic E-state index is 13.3. The predicted molar refractivity (Wildman–Crippen MR) is 341 cm³/mol. The molecule has 0 aromatic rings. The number of hydrogen-bond acceptors (Lipinski definition) is 13. The molecule has 0 spiro atoms. The lowest BCUT2D eigenvalue weighted by Gasteiger charge is -2.46. The largest absolute Gasteiger partial charge is 0.394 e. The molecule has 0 radical (unpaired) electrons. The number of unbranched alkanes of at least 4 members (excludes halogenated alkanes) is 38. The molecule has 0 aliphatic carbocycles. The number of ether oxygens (including phenoxy) is 4. The van der Waals surface area contributed by atoms with E-state index >= 15 is 0 Å². The number of rotatable bonds is 57. The molecular formula is C70H129NO13. The van der Waals surface area contributed by atoms with Gasteiger partial charge in [0.15, 0.2) is 12.6 Å². The van der Waals surface area contributed by atoms with Crippen molar-refractivity contribution >= 4 is 5.91 Å². The van der Waals surface area contributed by atoms with Gasteiger partial charge in [0, 0.05) is 6.42 Å². The number of carbonyl (C=O) groups is 1. The minimum atomic E-state index is -1.79. The molecule has 2 saturated heterocycles. The highest BCUT2D eigenvalue weighted by atomic mass is 16.7. The van der Waals surface area contributed by atoms with E-state index in [0.29, 0.717) is 12.8 Å². The van der Waals surface area contributed by atoms with Crippen LogP contribution in [-0.2, 0) is 23.7 Å². The van der Waals surface area contributed by atoms with Crippen LogP contribution in [0.3, 0.4) is 0 Å². The average molecular weight is 1190 g/mol. The van der Waals surface area contributed by atoms with Crippen molar-refractivity contribution in [2.75, 3.05) is 19.8 Å². The summed E-state index contributed by atoms with van der Waals surface area (Å²) < 4.78 is 22.8. The van der Waals surface area contributed by atoms with Crippen LogP contribution < -0.4 is 5.32 Å². The summed E-state index contributed by atoms with van der Waals surface area (Å²) in [5.41, 5.74) is 0. The van der Waals surface area contributed by atoms with E-state index in [9.17, 15) is 45.6 Å². The third-order valence-electron chi connectivity index (χ3n) is 17.0. The van der Waals surface area contributed by atoms with Crippen LogP contribution in [0.1, 0.15) is 296 Å². The van der Waals surface area contributed by atoms with Crippen molar-refractivity contribution in [1.29, 1.82) is 0 Å². The zero-order valence-corrected chi connectivity index (χ0v) is 53.4. The smallest absolute Gasteiger partial charge is 0.220 e. The Morgan fingerprint density at radius 3 is 1.17 bits per heavy atom. The van der Waals surface area contributed by atoms with Crippen molar-refractivity contribution in [3.05, 3.63) is 48.6 Å². The average Bonchev–Trinajstić information content (AvgIpc) is 3.18. The summed E-state index contributed by atoms with van der Waals surface area (Å²) >= 11 is 0. The van der Waals surface area contributed by atoms with Gasteiger partial charge in [-0.2, -0.15) is 0 Å². The van der Waals surface area contributed by atoms with Gasteiger partial charge in [-0.1, -0.05) is 268 Å². The summed E-state index contributed by atoms with van der Waals surface area (Å²) in [6.45, 7) is 2.81. The zero-order valence-electron chi connectivity index (χ0n) is 53.4.